The van der Waals surface area contributed by atoms with Crippen LogP contribution in [-0.4, -0.2) is 25.1 Å². The van der Waals surface area contributed by atoms with E-state index in [-0.39, 0.29) is 29.4 Å². The predicted molar refractivity (Wildman–Crippen MR) is 109 cm³/mol. The third-order valence-electron chi connectivity index (χ3n) is 4.09. The van der Waals surface area contributed by atoms with Crippen LogP contribution in [-0.2, 0) is 14.6 Å². The SMILES string of the molecule is Cc1ccc(-c2csc(NC(=O)CCCS(=O)(=O)c3ccc(F)cc3)n2)cc1. The highest BCUT2D eigenvalue weighted by molar-refractivity contribution is 7.91. The number of nitrogens with zero attached hydrogens (tertiary/aromatic N) is 1. The molecule has 1 amide bonds. The van der Waals surface area contributed by atoms with Crippen LogP contribution < -0.4 is 5.32 Å². The molecule has 0 fully saturated rings. The first-order valence-electron chi connectivity index (χ1n) is 8.64. The largest absolute Gasteiger partial charge is 0.302 e. The van der Waals surface area contributed by atoms with Crippen molar-refractivity contribution in [2.45, 2.75) is 24.7 Å². The Morgan fingerprint density at radius 1 is 1.11 bits per heavy atom. The Kier molecular flexibility index (Phi) is 6.21. The van der Waals surface area contributed by atoms with Crippen LogP contribution in [0.1, 0.15) is 18.4 Å². The monoisotopic (exact) mass is 418 g/mol. The summed E-state index contributed by atoms with van der Waals surface area (Å²) in [5, 5.41) is 5.04. The van der Waals surface area contributed by atoms with Crippen molar-refractivity contribution in [1.82, 2.24) is 4.98 Å². The highest BCUT2D eigenvalue weighted by atomic mass is 32.2. The quantitative estimate of drug-likeness (QED) is 0.575. The number of thiazole rings is 1. The molecule has 1 N–H and O–H groups in total. The van der Waals surface area contributed by atoms with Crippen LogP contribution in [0, 0.1) is 12.7 Å². The second-order valence-corrected chi connectivity index (χ2v) is 9.30. The van der Waals surface area contributed by atoms with E-state index < -0.39 is 15.7 Å². The van der Waals surface area contributed by atoms with E-state index in [1.165, 1.54) is 23.5 Å². The van der Waals surface area contributed by atoms with Crippen molar-refractivity contribution in [1.29, 1.82) is 0 Å². The molecule has 0 atom stereocenters. The molecule has 0 saturated heterocycles. The average Bonchev–Trinajstić information content (AvgIpc) is 3.11. The van der Waals surface area contributed by atoms with Gasteiger partial charge in [0.2, 0.25) is 5.91 Å². The van der Waals surface area contributed by atoms with Crippen molar-refractivity contribution < 1.29 is 17.6 Å². The number of anilines is 1. The van der Waals surface area contributed by atoms with Gasteiger partial charge in [0.15, 0.2) is 15.0 Å². The zero-order chi connectivity index (χ0) is 20.1. The van der Waals surface area contributed by atoms with Gasteiger partial charge in [0, 0.05) is 17.4 Å². The molecule has 0 saturated carbocycles. The molecule has 0 aliphatic rings. The topological polar surface area (TPSA) is 76.1 Å². The number of rotatable bonds is 7. The van der Waals surface area contributed by atoms with Gasteiger partial charge in [-0.3, -0.25) is 4.79 Å². The number of carbonyl (C=O) groups is 1. The van der Waals surface area contributed by atoms with Crippen LogP contribution in [0.3, 0.4) is 0 Å². The van der Waals surface area contributed by atoms with E-state index >= 15 is 0 Å². The Labute approximate surface area is 167 Å². The summed E-state index contributed by atoms with van der Waals surface area (Å²) < 4.78 is 37.3. The molecule has 5 nitrogen and oxygen atoms in total. The number of aryl methyl sites for hydroxylation is 1. The summed E-state index contributed by atoms with van der Waals surface area (Å²) in [7, 11) is -3.54. The van der Waals surface area contributed by atoms with Gasteiger partial charge >= 0.3 is 0 Å². The van der Waals surface area contributed by atoms with E-state index in [0.29, 0.717) is 5.13 Å². The fourth-order valence-corrected chi connectivity index (χ4v) is 4.60. The summed E-state index contributed by atoms with van der Waals surface area (Å²) >= 11 is 1.32. The zero-order valence-corrected chi connectivity index (χ0v) is 16.8. The van der Waals surface area contributed by atoms with Crippen LogP contribution in [0.4, 0.5) is 9.52 Å². The van der Waals surface area contributed by atoms with Gasteiger partial charge in [0.05, 0.1) is 16.3 Å². The lowest BCUT2D eigenvalue weighted by molar-refractivity contribution is -0.116. The van der Waals surface area contributed by atoms with Gasteiger partial charge in [-0.1, -0.05) is 29.8 Å². The molecule has 0 unspecified atom stereocenters. The van der Waals surface area contributed by atoms with Crippen LogP contribution in [0.25, 0.3) is 11.3 Å². The molecule has 1 aromatic heterocycles. The Hall–Kier alpha value is -2.58. The minimum atomic E-state index is -3.54. The second-order valence-electron chi connectivity index (χ2n) is 6.33. The van der Waals surface area contributed by atoms with E-state index in [0.717, 1.165) is 29.0 Å². The number of hydrogen-bond acceptors (Lipinski definition) is 5. The van der Waals surface area contributed by atoms with Crippen molar-refractivity contribution in [2.75, 3.05) is 11.1 Å². The van der Waals surface area contributed by atoms with Crippen molar-refractivity contribution >= 4 is 32.2 Å². The molecule has 0 spiro atoms. The van der Waals surface area contributed by atoms with Gasteiger partial charge < -0.3 is 5.32 Å². The van der Waals surface area contributed by atoms with Gasteiger partial charge in [-0.15, -0.1) is 11.3 Å². The van der Waals surface area contributed by atoms with Crippen LogP contribution >= 0.6 is 11.3 Å². The molecule has 0 bridgehead atoms. The Morgan fingerprint density at radius 2 is 1.79 bits per heavy atom. The molecule has 3 aromatic rings. The fourth-order valence-electron chi connectivity index (χ4n) is 2.55. The van der Waals surface area contributed by atoms with Crippen molar-refractivity contribution in [3.8, 4) is 11.3 Å². The van der Waals surface area contributed by atoms with Crippen molar-refractivity contribution in [2.24, 2.45) is 0 Å². The van der Waals surface area contributed by atoms with Gasteiger partial charge in [-0.25, -0.2) is 17.8 Å². The first-order chi connectivity index (χ1) is 13.3. The molecule has 8 heteroatoms. The van der Waals surface area contributed by atoms with E-state index in [2.05, 4.69) is 10.3 Å². The summed E-state index contributed by atoms with van der Waals surface area (Å²) in [5.41, 5.74) is 2.90. The minimum Gasteiger partial charge on any atom is -0.302 e. The van der Waals surface area contributed by atoms with E-state index in [1.807, 2.05) is 36.6 Å². The number of nitrogens with one attached hydrogen (secondary N) is 1. The fraction of sp³-hybridized carbons (Fsp3) is 0.200. The number of sulfone groups is 1. The second kappa shape index (κ2) is 8.62. The number of benzene rings is 2. The van der Waals surface area contributed by atoms with Crippen LogP contribution in [0.15, 0.2) is 58.8 Å². The molecule has 0 aliphatic heterocycles. The molecule has 2 aromatic carbocycles. The molecule has 146 valence electrons. The van der Waals surface area contributed by atoms with E-state index in [1.54, 1.807) is 0 Å². The maximum atomic E-state index is 12.9. The van der Waals surface area contributed by atoms with Gasteiger partial charge in [0.25, 0.3) is 0 Å². The summed E-state index contributed by atoms with van der Waals surface area (Å²) in [4.78, 5) is 16.5. The average molecular weight is 419 g/mol. The number of halogens is 1. The molecular formula is C20H19FN2O3S2. The van der Waals surface area contributed by atoms with Crippen molar-refractivity contribution in [3.63, 3.8) is 0 Å². The lowest BCUT2D eigenvalue weighted by Gasteiger charge is -2.05. The number of amides is 1. The smallest absolute Gasteiger partial charge is 0.226 e. The maximum Gasteiger partial charge on any atom is 0.226 e. The summed E-state index contributed by atoms with van der Waals surface area (Å²) in [6.45, 7) is 2.01. The Balaban J connectivity index is 1.52. The molecular weight excluding hydrogens is 399 g/mol. The highest BCUT2D eigenvalue weighted by Gasteiger charge is 2.15. The Bertz CT molecular complexity index is 1060. The summed E-state index contributed by atoms with van der Waals surface area (Å²) in [6, 6.07) is 12.6. The third kappa shape index (κ3) is 5.24. The van der Waals surface area contributed by atoms with Gasteiger partial charge in [0.1, 0.15) is 5.82 Å². The van der Waals surface area contributed by atoms with E-state index in [4.69, 9.17) is 0 Å². The third-order valence-corrected chi connectivity index (χ3v) is 6.66. The number of hydrogen-bond donors (Lipinski definition) is 1. The lowest BCUT2D eigenvalue weighted by Crippen LogP contribution is -2.14. The van der Waals surface area contributed by atoms with E-state index in [9.17, 15) is 17.6 Å². The standard InChI is InChI=1S/C20H19FN2O3S2/c1-14-4-6-15(7-5-14)18-13-27-20(22-18)23-19(24)3-2-12-28(25,26)17-10-8-16(21)9-11-17/h4-11,13H,2-3,12H2,1H3,(H,22,23,24). The van der Waals surface area contributed by atoms with Crippen molar-refractivity contribution in [3.05, 3.63) is 65.3 Å². The first-order valence-corrected chi connectivity index (χ1v) is 11.2. The normalized spacial score (nSPS) is 11.4. The lowest BCUT2D eigenvalue weighted by atomic mass is 10.1. The maximum absolute atomic E-state index is 12.9. The van der Waals surface area contributed by atoms with Gasteiger partial charge in [-0.05, 0) is 37.6 Å². The zero-order valence-electron chi connectivity index (χ0n) is 15.2. The summed E-state index contributed by atoms with van der Waals surface area (Å²) in [6.07, 6.45) is 0.224. The molecule has 0 radical (unpaired) electrons. The molecule has 3 rings (SSSR count). The molecule has 0 aliphatic carbocycles. The Morgan fingerprint density at radius 3 is 2.46 bits per heavy atom. The van der Waals surface area contributed by atoms with Crippen LogP contribution in [0.2, 0.25) is 0 Å². The van der Waals surface area contributed by atoms with Crippen LogP contribution in [0.5, 0.6) is 0 Å². The van der Waals surface area contributed by atoms with Gasteiger partial charge in [-0.2, -0.15) is 0 Å². The number of aromatic nitrogens is 1. The first kappa shape index (κ1) is 20.2. The summed E-state index contributed by atoms with van der Waals surface area (Å²) in [5.74, 6) is -0.968. The number of carbonyl (C=O) groups excluding carboxylic acids is 1. The molecule has 1 heterocycles. The molecule has 28 heavy (non-hydrogen) atoms. The predicted octanol–water partition coefficient (Wildman–Crippen LogP) is 4.45. The minimum absolute atomic E-state index is 0.0528. The highest BCUT2D eigenvalue weighted by Crippen LogP contribution is 2.25.